The van der Waals surface area contributed by atoms with Gasteiger partial charge in [-0.3, -0.25) is 4.79 Å². The van der Waals surface area contributed by atoms with Crippen LogP contribution in [0.4, 0.5) is 5.69 Å². The van der Waals surface area contributed by atoms with Crippen LogP contribution in [0.3, 0.4) is 0 Å². The lowest BCUT2D eigenvalue weighted by molar-refractivity contribution is -0.117. The molecule has 0 heterocycles. The topological polar surface area (TPSA) is 92.4 Å². The van der Waals surface area contributed by atoms with Gasteiger partial charge in [-0.15, -0.1) is 0 Å². The van der Waals surface area contributed by atoms with Gasteiger partial charge in [0.15, 0.2) is 0 Å². The number of benzene rings is 2. The Morgan fingerprint density at radius 2 is 1.76 bits per heavy atom. The molecule has 0 spiro atoms. The molecule has 2 aromatic rings. The Bertz CT molecular complexity index is 668. The maximum absolute atomic E-state index is 12.2. The minimum absolute atomic E-state index is 0.0751. The van der Waals surface area contributed by atoms with Crippen LogP contribution in [0.1, 0.15) is 27.5 Å². The zero-order chi connectivity index (χ0) is 15.4. The fraction of sp³-hybridized carbons (Fsp3) is 0.125. The van der Waals surface area contributed by atoms with Crippen molar-refractivity contribution in [2.75, 3.05) is 5.32 Å². The molecule has 21 heavy (non-hydrogen) atoms. The van der Waals surface area contributed by atoms with E-state index in [2.05, 4.69) is 5.32 Å². The van der Waals surface area contributed by atoms with Gasteiger partial charge in [0.2, 0.25) is 5.91 Å². The summed E-state index contributed by atoms with van der Waals surface area (Å²) in [7, 11) is 0. The summed E-state index contributed by atoms with van der Waals surface area (Å²) in [6.45, 7) is 1.68. The van der Waals surface area contributed by atoms with Crippen LogP contribution in [-0.4, -0.2) is 17.0 Å². The summed E-state index contributed by atoms with van der Waals surface area (Å²) in [5, 5.41) is 11.8. The van der Waals surface area contributed by atoms with Gasteiger partial charge in [0.1, 0.15) is 6.04 Å². The molecule has 2 aromatic carbocycles. The molecule has 108 valence electrons. The van der Waals surface area contributed by atoms with E-state index in [1.54, 1.807) is 49.4 Å². The highest BCUT2D eigenvalue weighted by Crippen LogP contribution is 2.21. The minimum atomic E-state index is -1.09. The number of carbonyl (C=O) groups is 2. The number of hydrogen-bond acceptors (Lipinski definition) is 3. The Labute approximate surface area is 122 Å². The Morgan fingerprint density at radius 1 is 1.10 bits per heavy atom. The number of aromatic carboxylic acids is 1. The van der Waals surface area contributed by atoms with Crippen molar-refractivity contribution >= 4 is 17.6 Å². The van der Waals surface area contributed by atoms with Gasteiger partial charge in [0, 0.05) is 0 Å². The van der Waals surface area contributed by atoms with Crippen molar-refractivity contribution in [3.8, 4) is 0 Å². The van der Waals surface area contributed by atoms with Crippen molar-refractivity contribution in [2.24, 2.45) is 5.73 Å². The number of carboxylic acid groups (broad SMARTS) is 1. The normalized spacial score (nSPS) is 11.7. The fourth-order valence-electron chi connectivity index (χ4n) is 2.08. The quantitative estimate of drug-likeness (QED) is 0.803. The molecule has 0 aromatic heterocycles. The number of anilines is 1. The van der Waals surface area contributed by atoms with E-state index in [0.717, 1.165) is 0 Å². The molecule has 0 bridgehead atoms. The van der Waals surface area contributed by atoms with Crippen molar-refractivity contribution in [3.05, 3.63) is 65.2 Å². The van der Waals surface area contributed by atoms with E-state index in [1.807, 2.05) is 6.07 Å². The predicted molar refractivity (Wildman–Crippen MR) is 80.1 cm³/mol. The molecule has 0 aliphatic rings. The van der Waals surface area contributed by atoms with Crippen molar-refractivity contribution in [3.63, 3.8) is 0 Å². The Morgan fingerprint density at radius 3 is 2.38 bits per heavy atom. The highest BCUT2D eigenvalue weighted by molar-refractivity contribution is 6.03. The lowest BCUT2D eigenvalue weighted by atomic mass is 10.0. The molecule has 5 heteroatoms. The van der Waals surface area contributed by atoms with E-state index < -0.39 is 17.9 Å². The summed E-state index contributed by atoms with van der Waals surface area (Å²) in [6.07, 6.45) is 0. The van der Waals surface area contributed by atoms with E-state index in [-0.39, 0.29) is 11.3 Å². The molecular weight excluding hydrogens is 268 g/mol. The third kappa shape index (κ3) is 3.27. The molecular formula is C16H16N2O3. The average molecular weight is 284 g/mol. The van der Waals surface area contributed by atoms with Gasteiger partial charge in [-0.2, -0.15) is 0 Å². The summed E-state index contributed by atoms with van der Waals surface area (Å²) >= 11 is 0. The van der Waals surface area contributed by atoms with E-state index in [9.17, 15) is 14.7 Å². The lowest BCUT2D eigenvalue weighted by Gasteiger charge is -2.15. The second-order valence-electron chi connectivity index (χ2n) is 4.68. The molecule has 0 saturated heterocycles. The monoisotopic (exact) mass is 284 g/mol. The highest BCUT2D eigenvalue weighted by atomic mass is 16.4. The Balaban J connectivity index is 2.25. The van der Waals surface area contributed by atoms with Crippen LogP contribution in [-0.2, 0) is 4.79 Å². The maximum Gasteiger partial charge on any atom is 0.338 e. The molecule has 4 N–H and O–H groups in total. The number of amides is 1. The molecule has 2 rings (SSSR count). The number of nitrogens with two attached hydrogens (primary N) is 1. The van der Waals surface area contributed by atoms with E-state index in [1.165, 1.54) is 0 Å². The molecule has 0 fully saturated rings. The van der Waals surface area contributed by atoms with Crippen molar-refractivity contribution in [1.82, 2.24) is 0 Å². The summed E-state index contributed by atoms with van der Waals surface area (Å²) in [4.78, 5) is 23.5. The van der Waals surface area contributed by atoms with Crippen LogP contribution in [0.2, 0.25) is 0 Å². The van der Waals surface area contributed by atoms with Gasteiger partial charge in [0.25, 0.3) is 0 Å². The number of nitrogens with one attached hydrogen (secondary N) is 1. The second-order valence-corrected chi connectivity index (χ2v) is 4.68. The highest BCUT2D eigenvalue weighted by Gasteiger charge is 2.19. The minimum Gasteiger partial charge on any atom is -0.478 e. The van der Waals surface area contributed by atoms with Crippen molar-refractivity contribution in [2.45, 2.75) is 13.0 Å². The second kappa shape index (κ2) is 6.19. The number of carbonyl (C=O) groups excluding carboxylic acids is 1. The molecule has 5 nitrogen and oxygen atoms in total. The number of carboxylic acids is 1. The van der Waals surface area contributed by atoms with Crippen LogP contribution >= 0.6 is 0 Å². The largest absolute Gasteiger partial charge is 0.478 e. The van der Waals surface area contributed by atoms with Gasteiger partial charge in [-0.1, -0.05) is 42.5 Å². The molecule has 1 unspecified atom stereocenters. The molecule has 1 amide bonds. The summed E-state index contributed by atoms with van der Waals surface area (Å²) in [5.41, 5.74) is 7.46. The lowest BCUT2D eigenvalue weighted by Crippen LogP contribution is -2.28. The predicted octanol–water partition coefficient (Wildman–Crippen LogP) is 2.33. The zero-order valence-electron chi connectivity index (χ0n) is 11.5. The maximum atomic E-state index is 12.2. The SMILES string of the molecule is Cc1cccc(NC(=O)C(N)c2ccccc2)c1C(=O)O. The Kier molecular flexibility index (Phi) is 4.35. The molecule has 0 radical (unpaired) electrons. The first kappa shape index (κ1) is 14.7. The smallest absolute Gasteiger partial charge is 0.338 e. The van der Waals surface area contributed by atoms with E-state index in [4.69, 9.17) is 5.73 Å². The zero-order valence-corrected chi connectivity index (χ0v) is 11.5. The van der Waals surface area contributed by atoms with Gasteiger partial charge >= 0.3 is 5.97 Å². The van der Waals surface area contributed by atoms with Gasteiger partial charge < -0.3 is 16.2 Å². The fourth-order valence-corrected chi connectivity index (χ4v) is 2.08. The summed E-state index contributed by atoms with van der Waals surface area (Å²) in [6, 6.07) is 13.0. The van der Waals surface area contributed by atoms with Crippen LogP contribution in [0, 0.1) is 6.92 Å². The first-order valence-electron chi connectivity index (χ1n) is 6.45. The van der Waals surface area contributed by atoms with Crippen molar-refractivity contribution < 1.29 is 14.7 Å². The number of hydrogen-bond donors (Lipinski definition) is 3. The summed E-state index contributed by atoms with van der Waals surface area (Å²) in [5.74, 6) is -1.54. The molecule has 1 atom stereocenters. The third-order valence-electron chi connectivity index (χ3n) is 3.19. The molecule has 0 aliphatic carbocycles. The number of aryl methyl sites for hydroxylation is 1. The van der Waals surface area contributed by atoms with Crippen molar-refractivity contribution in [1.29, 1.82) is 0 Å². The number of rotatable bonds is 4. The van der Waals surface area contributed by atoms with Crippen LogP contribution in [0.5, 0.6) is 0 Å². The standard InChI is InChI=1S/C16H16N2O3/c1-10-6-5-9-12(13(10)16(20)21)18-15(19)14(17)11-7-3-2-4-8-11/h2-9,14H,17H2,1H3,(H,18,19)(H,20,21). The van der Waals surface area contributed by atoms with E-state index >= 15 is 0 Å². The first-order valence-corrected chi connectivity index (χ1v) is 6.45. The first-order chi connectivity index (χ1) is 10.0. The van der Waals surface area contributed by atoms with Crippen LogP contribution < -0.4 is 11.1 Å². The van der Waals surface area contributed by atoms with Crippen LogP contribution in [0.15, 0.2) is 48.5 Å². The third-order valence-corrected chi connectivity index (χ3v) is 3.19. The molecule has 0 aliphatic heterocycles. The molecule has 0 saturated carbocycles. The average Bonchev–Trinajstić information content (AvgIpc) is 2.47. The van der Waals surface area contributed by atoms with Gasteiger partial charge in [-0.25, -0.2) is 4.79 Å². The van der Waals surface area contributed by atoms with Crippen LogP contribution in [0.25, 0.3) is 0 Å². The Hall–Kier alpha value is -2.66. The van der Waals surface area contributed by atoms with Gasteiger partial charge in [0.05, 0.1) is 11.3 Å². The summed E-state index contributed by atoms with van der Waals surface area (Å²) < 4.78 is 0. The van der Waals surface area contributed by atoms with E-state index in [0.29, 0.717) is 11.1 Å². The van der Waals surface area contributed by atoms with Gasteiger partial charge in [-0.05, 0) is 24.1 Å².